The molecule has 1 aromatic heterocycles. The molecule has 0 radical (unpaired) electrons. The zero-order chi connectivity index (χ0) is 13.7. The van der Waals surface area contributed by atoms with Gasteiger partial charge in [-0.05, 0) is 63.3 Å². The van der Waals surface area contributed by atoms with Crippen LogP contribution in [0.1, 0.15) is 17.7 Å². The van der Waals surface area contributed by atoms with Crippen molar-refractivity contribution in [2.45, 2.75) is 19.4 Å². The second-order valence-corrected chi connectivity index (χ2v) is 5.16. The summed E-state index contributed by atoms with van der Waals surface area (Å²) in [6.45, 7) is 1.91. The normalized spacial score (nSPS) is 11.2. The predicted octanol–water partition coefficient (Wildman–Crippen LogP) is 3.17. The summed E-state index contributed by atoms with van der Waals surface area (Å²) < 4.78 is 15.1. The molecule has 0 fully saturated rings. The highest BCUT2D eigenvalue weighted by atomic mass is 19.1. The molecule has 3 heteroatoms. The molecule has 0 N–H and O–H groups in total. The van der Waals surface area contributed by atoms with Gasteiger partial charge in [-0.2, -0.15) is 0 Å². The van der Waals surface area contributed by atoms with Crippen LogP contribution in [0.5, 0.6) is 0 Å². The monoisotopic (exact) mass is 260 g/mol. The van der Waals surface area contributed by atoms with Gasteiger partial charge in [-0.3, -0.25) is 0 Å². The molecule has 0 aliphatic carbocycles. The molecule has 0 bridgehead atoms. The van der Waals surface area contributed by atoms with Gasteiger partial charge in [0, 0.05) is 18.4 Å². The highest BCUT2D eigenvalue weighted by Gasteiger charge is 2.02. The zero-order valence-corrected chi connectivity index (χ0v) is 11.6. The van der Waals surface area contributed by atoms with Crippen LogP contribution in [0.3, 0.4) is 0 Å². The van der Waals surface area contributed by atoms with Crippen molar-refractivity contribution in [3.8, 4) is 0 Å². The molecular formula is C16H21FN2. The van der Waals surface area contributed by atoms with E-state index in [1.54, 1.807) is 0 Å². The number of aromatic nitrogens is 1. The number of benzene rings is 1. The van der Waals surface area contributed by atoms with Gasteiger partial charge in [0.05, 0.1) is 0 Å². The fourth-order valence-corrected chi connectivity index (χ4v) is 2.19. The van der Waals surface area contributed by atoms with Crippen LogP contribution < -0.4 is 0 Å². The molecule has 0 atom stereocenters. The maximum absolute atomic E-state index is 12.9. The largest absolute Gasteiger partial charge is 0.347 e. The van der Waals surface area contributed by atoms with Gasteiger partial charge >= 0.3 is 0 Å². The van der Waals surface area contributed by atoms with E-state index in [1.807, 2.05) is 12.1 Å². The lowest BCUT2D eigenvalue weighted by molar-refractivity contribution is 0.398. The minimum atomic E-state index is -0.178. The first-order valence-electron chi connectivity index (χ1n) is 6.68. The van der Waals surface area contributed by atoms with Crippen LogP contribution in [0, 0.1) is 5.82 Å². The number of hydrogen-bond donors (Lipinski definition) is 0. The van der Waals surface area contributed by atoms with E-state index in [1.165, 1.54) is 17.8 Å². The highest BCUT2D eigenvalue weighted by Crippen LogP contribution is 2.10. The third-order valence-electron chi connectivity index (χ3n) is 3.23. The maximum atomic E-state index is 12.9. The third-order valence-corrected chi connectivity index (χ3v) is 3.23. The molecule has 0 saturated heterocycles. The highest BCUT2D eigenvalue weighted by molar-refractivity contribution is 5.18. The van der Waals surface area contributed by atoms with Crippen LogP contribution in [0.25, 0.3) is 0 Å². The van der Waals surface area contributed by atoms with Gasteiger partial charge < -0.3 is 9.47 Å². The SMILES string of the molecule is CN(C)CCCc1cccn1Cc1ccc(F)cc1. The summed E-state index contributed by atoms with van der Waals surface area (Å²) >= 11 is 0. The van der Waals surface area contributed by atoms with Crippen LogP contribution in [0.15, 0.2) is 42.6 Å². The van der Waals surface area contributed by atoms with E-state index in [4.69, 9.17) is 0 Å². The number of rotatable bonds is 6. The molecular weight excluding hydrogens is 239 g/mol. The lowest BCUT2D eigenvalue weighted by Crippen LogP contribution is -2.14. The molecule has 2 nitrogen and oxygen atoms in total. The maximum Gasteiger partial charge on any atom is 0.123 e. The smallest absolute Gasteiger partial charge is 0.123 e. The van der Waals surface area contributed by atoms with Gasteiger partial charge in [-0.1, -0.05) is 12.1 Å². The second-order valence-electron chi connectivity index (χ2n) is 5.16. The van der Waals surface area contributed by atoms with Crippen molar-refractivity contribution in [2.24, 2.45) is 0 Å². The molecule has 19 heavy (non-hydrogen) atoms. The fourth-order valence-electron chi connectivity index (χ4n) is 2.19. The average Bonchev–Trinajstić information content (AvgIpc) is 2.79. The summed E-state index contributed by atoms with van der Waals surface area (Å²) in [4.78, 5) is 2.20. The Kier molecular flexibility index (Phi) is 4.74. The Morgan fingerprint density at radius 1 is 1.11 bits per heavy atom. The molecule has 0 spiro atoms. The molecule has 102 valence electrons. The first-order valence-corrected chi connectivity index (χ1v) is 6.68. The van der Waals surface area contributed by atoms with Crippen molar-refractivity contribution in [3.05, 3.63) is 59.7 Å². The Morgan fingerprint density at radius 3 is 2.53 bits per heavy atom. The van der Waals surface area contributed by atoms with Gasteiger partial charge in [0.15, 0.2) is 0 Å². The summed E-state index contributed by atoms with van der Waals surface area (Å²) in [5, 5.41) is 0. The van der Waals surface area contributed by atoms with Crippen LogP contribution in [0.2, 0.25) is 0 Å². The topological polar surface area (TPSA) is 8.17 Å². The zero-order valence-electron chi connectivity index (χ0n) is 11.6. The minimum absolute atomic E-state index is 0.178. The summed E-state index contributed by atoms with van der Waals surface area (Å²) in [6, 6.07) is 11.0. The van der Waals surface area contributed by atoms with E-state index in [0.717, 1.165) is 31.5 Å². The molecule has 2 aromatic rings. The van der Waals surface area contributed by atoms with E-state index in [-0.39, 0.29) is 5.82 Å². The molecule has 2 rings (SSSR count). The second kappa shape index (κ2) is 6.53. The summed E-state index contributed by atoms with van der Waals surface area (Å²) in [5.74, 6) is -0.178. The average molecular weight is 260 g/mol. The van der Waals surface area contributed by atoms with Crippen LogP contribution in [-0.2, 0) is 13.0 Å². The Hall–Kier alpha value is -1.61. The van der Waals surface area contributed by atoms with Gasteiger partial charge in [-0.15, -0.1) is 0 Å². The standard InChI is InChI=1S/C16H21FN2/c1-18(2)11-3-5-16-6-4-12-19(16)13-14-7-9-15(17)10-8-14/h4,6-10,12H,3,5,11,13H2,1-2H3. The molecule has 0 aliphatic heterocycles. The molecule has 0 unspecified atom stereocenters. The number of halogens is 1. The van der Waals surface area contributed by atoms with Crippen molar-refractivity contribution in [1.29, 1.82) is 0 Å². The van der Waals surface area contributed by atoms with E-state index >= 15 is 0 Å². The fraction of sp³-hybridized carbons (Fsp3) is 0.375. The predicted molar refractivity (Wildman–Crippen MR) is 76.8 cm³/mol. The summed E-state index contributed by atoms with van der Waals surface area (Å²) in [6.07, 6.45) is 4.32. The van der Waals surface area contributed by atoms with E-state index in [9.17, 15) is 4.39 Å². The summed E-state index contributed by atoms with van der Waals surface area (Å²) in [5.41, 5.74) is 2.47. The van der Waals surface area contributed by atoms with Crippen molar-refractivity contribution < 1.29 is 4.39 Å². The van der Waals surface area contributed by atoms with Crippen LogP contribution >= 0.6 is 0 Å². The van der Waals surface area contributed by atoms with Gasteiger partial charge in [0.25, 0.3) is 0 Å². The number of nitrogens with zero attached hydrogens (tertiary/aromatic N) is 2. The van der Waals surface area contributed by atoms with Crippen molar-refractivity contribution in [3.63, 3.8) is 0 Å². The Balaban J connectivity index is 1.97. The van der Waals surface area contributed by atoms with Crippen molar-refractivity contribution in [2.75, 3.05) is 20.6 Å². The molecule has 1 aromatic carbocycles. The van der Waals surface area contributed by atoms with Crippen molar-refractivity contribution in [1.82, 2.24) is 9.47 Å². The molecule has 0 amide bonds. The number of aryl methyl sites for hydroxylation is 1. The molecule has 0 saturated carbocycles. The van der Waals surface area contributed by atoms with Gasteiger partial charge in [0.2, 0.25) is 0 Å². The quantitative estimate of drug-likeness (QED) is 0.774. The van der Waals surface area contributed by atoms with Crippen molar-refractivity contribution >= 4 is 0 Å². The Morgan fingerprint density at radius 2 is 1.84 bits per heavy atom. The number of hydrogen-bond acceptors (Lipinski definition) is 1. The van der Waals surface area contributed by atoms with Gasteiger partial charge in [0.1, 0.15) is 5.82 Å². The van der Waals surface area contributed by atoms with Crippen LogP contribution in [-0.4, -0.2) is 30.1 Å². The van der Waals surface area contributed by atoms with E-state index in [0.29, 0.717) is 0 Å². The Labute approximate surface area is 114 Å². The first-order chi connectivity index (χ1) is 9.15. The Bertz CT molecular complexity index is 500. The lowest BCUT2D eigenvalue weighted by atomic mass is 10.2. The molecule has 0 aliphatic rings. The van der Waals surface area contributed by atoms with Crippen LogP contribution in [0.4, 0.5) is 4.39 Å². The first kappa shape index (κ1) is 13.8. The van der Waals surface area contributed by atoms with E-state index in [2.05, 4.69) is 41.9 Å². The van der Waals surface area contributed by atoms with E-state index < -0.39 is 0 Å². The third kappa shape index (κ3) is 4.21. The van der Waals surface area contributed by atoms with Gasteiger partial charge in [-0.25, -0.2) is 4.39 Å². The summed E-state index contributed by atoms with van der Waals surface area (Å²) in [7, 11) is 4.19. The lowest BCUT2D eigenvalue weighted by Gasteiger charge is -2.12. The molecule has 1 heterocycles. The minimum Gasteiger partial charge on any atom is -0.347 e.